The lowest BCUT2D eigenvalue weighted by molar-refractivity contribution is 0.0972. The SMILES string of the molecule is COc1ccc(-n2[nH]c(C(C(=O)c3ccc(Cl)cc3)c3c(C)[nH]c4ccc(OC)cc34)cc2=O)cc1. The molecular weight excluding hydrogens is 478 g/mol. The smallest absolute Gasteiger partial charge is 0.271 e. The molecular formula is C28H24ClN3O4. The zero-order chi connectivity index (χ0) is 25.4. The summed E-state index contributed by atoms with van der Waals surface area (Å²) in [7, 11) is 3.18. The molecule has 8 heteroatoms. The Morgan fingerprint density at radius 2 is 1.58 bits per heavy atom. The number of benzene rings is 3. The molecule has 0 aliphatic heterocycles. The predicted octanol–water partition coefficient (Wildman–Crippen LogP) is 5.64. The maximum atomic E-state index is 14.0. The summed E-state index contributed by atoms with van der Waals surface area (Å²) in [6.45, 7) is 1.92. The van der Waals surface area contributed by atoms with E-state index in [9.17, 15) is 9.59 Å². The van der Waals surface area contributed by atoms with Crippen LogP contribution in [0.5, 0.6) is 11.5 Å². The summed E-state index contributed by atoms with van der Waals surface area (Å²) in [5, 5.41) is 4.56. The minimum absolute atomic E-state index is 0.165. The number of halogens is 1. The number of H-pyrrole nitrogens is 2. The summed E-state index contributed by atoms with van der Waals surface area (Å²) >= 11 is 6.07. The van der Waals surface area contributed by atoms with Gasteiger partial charge in [0.05, 0.1) is 31.5 Å². The molecule has 182 valence electrons. The van der Waals surface area contributed by atoms with Gasteiger partial charge in [-0.3, -0.25) is 14.7 Å². The zero-order valence-corrected chi connectivity index (χ0v) is 20.7. The number of ketones is 1. The highest BCUT2D eigenvalue weighted by Crippen LogP contribution is 2.37. The number of aryl methyl sites for hydroxylation is 1. The van der Waals surface area contributed by atoms with Crippen molar-refractivity contribution in [2.24, 2.45) is 0 Å². The van der Waals surface area contributed by atoms with Gasteiger partial charge in [-0.1, -0.05) is 11.6 Å². The lowest BCUT2D eigenvalue weighted by atomic mass is 9.86. The van der Waals surface area contributed by atoms with Gasteiger partial charge in [0.25, 0.3) is 5.56 Å². The number of rotatable bonds is 7. The normalized spacial score (nSPS) is 12.0. The molecule has 0 aliphatic rings. The number of aromatic amines is 2. The predicted molar refractivity (Wildman–Crippen MR) is 140 cm³/mol. The molecule has 3 aromatic carbocycles. The standard InChI is InChI=1S/C28H24ClN3O4/c1-16-26(22-14-21(36-3)12-13-23(22)30-16)27(28(34)17-4-6-18(29)7-5-17)24-15-25(33)32(31-24)19-8-10-20(35-2)11-9-19/h4-15,27,30-31H,1-3H3. The minimum atomic E-state index is -0.778. The Labute approximate surface area is 212 Å². The van der Waals surface area contributed by atoms with Crippen molar-refractivity contribution in [2.45, 2.75) is 12.8 Å². The fourth-order valence-corrected chi connectivity index (χ4v) is 4.65. The third-order valence-corrected chi connectivity index (χ3v) is 6.56. The minimum Gasteiger partial charge on any atom is -0.497 e. The summed E-state index contributed by atoms with van der Waals surface area (Å²) < 4.78 is 12.1. The van der Waals surface area contributed by atoms with Crippen molar-refractivity contribution < 1.29 is 14.3 Å². The van der Waals surface area contributed by atoms with Crippen molar-refractivity contribution in [2.75, 3.05) is 14.2 Å². The number of hydrogen-bond acceptors (Lipinski definition) is 4. The Morgan fingerprint density at radius 1 is 0.917 bits per heavy atom. The first-order valence-corrected chi connectivity index (χ1v) is 11.7. The van der Waals surface area contributed by atoms with E-state index in [0.29, 0.717) is 33.5 Å². The van der Waals surface area contributed by atoms with Crippen molar-refractivity contribution >= 4 is 28.3 Å². The fourth-order valence-electron chi connectivity index (χ4n) is 4.52. The third kappa shape index (κ3) is 4.18. The van der Waals surface area contributed by atoms with Gasteiger partial charge < -0.3 is 14.5 Å². The largest absolute Gasteiger partial charge is 0.497 e. The van der Waals surface area contributed by atoms with Crippen LogP contribution in [0.3, 0.4) is 0 Å². The van der Waals surface area contributed by atoms with E-state index in [0.717, 1.165) is 22.2 Å². The number of Topliss-reactive ketones (excluding diaryl/α,β-unsaturated/α-hetero) is 1. The van der Waals surface area contributed by atoms with Crippen molar-refractivity contribution in [3.63, 3.8) is 0 Å². The Morgan fingerprint density at radius 3 is 2.25 bits per heavy atom. The van der Waals surface area contributed by atoms with E-state index in [1.165, 1.54) is 10.7 Å². The van der Waals surface area contributed by atoms with Gasteiger partial charge >= 0.3 is 0 Å². The average Bonchev–Trinajstić information content (AvgIpc) is 3.43. The highest BCUT2D eigenvalue weighted by Gasteiger charge is 2.31. The molecule has 0 bridgehead atoms. The first-order valence-electron chi connectivity index (χ1n) is 11.3. The van der Waals surface area contributed by atoms with E-state index < -0.39 is 5.92 Å². The lowest BCUT2D eigenvalue weighted by Gasteiger charge is -2.16. The number of fused-ring (bicyclic) bond motifs is 1. The van der Waals surface area contributed by atoms with Crippen LogP contribution in [0.2, 0.25) is 5.02 Å². The van der Waals surface area contributed by atoms with E-state index >= 15 is 0 Å². The molecule has 0 fully saturated rings. The van der Waals surface area contributed by atoms with Crippen molar-refractivity contribution in [1.82, 2.24) is 14.8 Å². The molecule has 1 unspecified atom stereocenters. The molecule has 7 nitrogen and oxygen atoms in total. The van der Waals surface area contributed by atoms with Gasteiger partial charge in [0.2, 0.25) is 0 Å². The molecule has 2 heterocycles. The van der Waals surface area contributed by atoms with E-state index in [1.807, 2.05) is 25.1 Å². The van der Waals surface area contributed by atoms with Crippen LogP contribution in [0.1, 0.15) is 33.2 Å². The Balaban J connectivity index is 1.71. The van der Waals surface area contributed by atoms with E-state index in [4.69, 9.17) is 21.1 Å². The van der Waals surface area contributed by atoms with Crippen LogP contribution in [-0.4, -0.2) is 34.8 Å². The van der Waals surface area contributed by atoms with E-state index in [2.05, 4.69) is 10.1 Å². The second-order valence-corrected chi connectivity index (χ2v) is 8.90. The molecule has 0 amide bonds. The summed E-state index contributed by atoms with van der Waals surface area (Å²) in [6.07, 6.45) is 0. The van der Waals surface area contributed by atoms with Crippen molar-refractivity contribution in [3.05, 3.63) is 111 Å². The maximum absolute atomic E-state index is 14.0. The molecule has 0 saturated heterocycles. The van der Waals surface area contributed by atoms with Gasteiger partial charge in [-0.25, -0.2) is 4.68 Å². The van der Waals surface area contributed by atoms with Crippen LogP contribution in [0.4, 0.5) is 0 Å². The van der Waals surface area contributed by atoms with Crippen LogP contribution in [0.15, 0.2) is 77.6 Å². The monoisotopic (exact) mass is 501 g/mol. The number of hydrogen-bond donors (Lipinski definition) is 2. The number of methoxy groups -OCH3 is 2. The first-order chi connectivity index (χ1) is 17.4. The van der Waals surface area contributed by atoms with Crippen LogP contribution < -0.4 is 15.0 Å². The van der Waals surface area contributed by atoms with E-state index in [-0.39, 0.29) is 11.3 Å². The van der Waals surface area contributed by atoms with Gasteiger partial charge in [-0.15, -0.1) is 0 Å². The second kappa shape index (κ2) is 9.43. The number of ether oxygens (including phenoxy) is 2. The molecule has 0 spiro atoms. The van der Waals surface area contributed by atoms with Crippen LogP contribution in [-0.2, 0) is 0 Å². The summed E-state index contributed by atoms with van der Waals surface area (Å²) in [5.74, 6) is 0.406. The Bertz CT molecular complexity index is 1610. The van der Waals surface area contributed by atoms with Crippen LogP contribution >= 0.6 is 11.6 Å². The molecule has 1 atom stereocenters. The molecule has 2 N–H and O–H groups in total. The molecule has 0 saturated carbocycles. The second-order valence-electron chi connectivity index (χ2n) is 8.46. The van der Waals surface area contributed by atoms with Gasteiger partial charge in [-0.2, -0.15) is 0 Å². The lowest BCUT2D eigenvalue weighted by Crippen LogP contribution is -2.16. The topological polar surface area (TPSA) is 89.1 Å². The molecule has 5 rings (SSSR count). The summed E-state index contributed by atoms with van der Waals surface area (Å²) in [6, 6.07) is 21.0. The number of carbonyl (C=O) groups is 1. The summed E-state index contributed by atoms with van der Waals surface area (Å²) in [4.78, 5) is 30.4. The Kier molecular flexibility index (Phi) is 6.16. The molecule has 2 aromatic heterocycles. The van der Waals surface area contributed by atoms with Crippen molar-refractivity contribution in [3.8, 4) is 17.2 Å². The molecule has 5 aromatic rings. The number of aromatic nitrogens is 3. The zero-order valence-electron chi connectivity index (χ0n) is 20.0. The van der Waals surface area contributed by atoms with Gasteiger partial charge in [0.15, 0.2) is 5.78 Å². The average molecular weight is 502 g/mol. The van der Waals surface area contributed by atoms with Gasteiger partial charge in [-0.05, 0) is 79.2 Å². The first kappa shape index (κ1) is 23.5. The number of nitrogens with one attached hydrogen (secondary N) is 2. The van der Waals surface area contributed by atoms with E-state index in [1.54, 1.807) is 62.8 Å². The quantitative estimate of drug-likeness (QED) is 0.282. The highest BCUT2D eigenvalue weighted by atomic mass is 35.5. The fraction of sp³-hybridized carbons (Fsp3) is 0.143. The van der Waals surface area contributed by atoms with Crippen LogP contribution in [0.25, 0.3) is 16.6 Å². The maximum Gasteiger partial charge on any atom is 0.271 e. The summed E-state index contributed by atoms with van der Waals surface area (Å²) in [5.41, 5.74) is 3.77. The molecule has 36 heavy (non-hydrogen) atoms. The third-order valence-electron chi connectivity index (χ3n) is 6.30. The van der Waals surface area contributed by atoms with Crippen molar-refractivity contribution in [1.29, 1.82) is 0 Å². The van der Waals surface area contributed by atoms with Gasteiger partial charge in [0.1, 0.15) is 11.5 Å². The number of carbonyl (C=O) groups excluding carboxylic acids is 1. The van der Waals surface area contributed by atoms with Gasteiger partial charge in [0, 0.05) is 33.2 Å². The highest BCUT2D eigenvalue weighted by molar-refractivity contribution is 6.30. The number of nitrogens with zero attached hydrogens (tertiary/aromatic N) is 1. The van der Waals surface area contributed by atoms with Crippen LogP contribution in [0, 0.1) is 6.92 Å². The molecule has 0 radical (unpaired) electrons. The Hall–Kier alpha value is -4.23. The molecule has 0 aliphatic carbocycles.